The molecular formula is C18H33IN4O. The average Bonchev–Trinajstić information content (AvgIpc) is 2.58. The maximum absolute atomic E-state index is 5.04. The summed E-state index contributed by atoms with van der Waals surface area (Å²) in [5.41, 5.74) is 1.27. The van der Waals surface area contributed by atoms with Gasteiger partial charge in [0.05, 0.1) is 0 Å². The van der Waals surface area contributed by atoms with Gasteiger partial charge in [0.25, 0.3) is 0 Å². The zero-order chi connectivity index (χ0) is 16.8. The molecule has 0 saturated carbocycles. The Bertz CT molecular complexity index is 428. The molecule has 0 aliphatic heterocycles. The number of nitrogens with one attached hydrogen (secondary N) is 2. The number of rotatable bonds is 11. The second-order valence-corrected chi connectivity index (χ2v) is 5.50. The summed E-state index contributed by atoms with van der Waals surface area (Å²) in [5.74, 6) is 0.903. The molecule has 0 radical (unpaired) electrons. The summed E-state index contributed by atoms with van der Waals surface area (Å²) in [6.07, 6.45) is 3.23. The first-order chi connectivity index (χ1) is 11.3. The maximum atomic E-state index is 5.04. The summed E-state index contributed by atoms with van der Waals surface area (Å²) in [7, 11) is 3.86. The fourth-order valence-corrected chi connectivity index (χ4v) is 2.23. The molecule has 0 atom stereocenters. The van der Waals surface area contributed by atoms with Crippen molar-refractivity contribution in [3.05, 3.63) is 30.3 Å². The van der Waals surface area contributed by atoms with Crippen LogP contribution in [0.15, 0.2) is 35.3 Å². The molecule has 0 saturated heterocycles. The Morgan fingerprint density at radius 3 is 2.54 bits per heavy atom. The summed E-state index contributed by atoms with van der Waals surface area (Å²) >= 11 is 0. The van der Waals surface area contributed by atoms with Gasteiger partial charge in [-0.25, -0.2) is 0 Å². The van der Waals surface area contributed by atoms with Gasteiger partial charge in [0, 0.05) is 52.6 Å². The Morgan fingerprint density at radius 2 is 1.88 bits per heavy atom. The summed E-state index contributed by atoms with van der Waals surface area (Å²) in [6, 6.07) is 10.5. The number of nitrogens with zero attached hydrogens (tertiary/aromatic N) is 2. The number of benzene rings is 1. The number of para-hydroxylation sites is 1. The van der Waals surface area contributed by atoms with E-state index in [1.807, 2.05) is 0 Å². The van der Waals surface area contributed by atoms with Gasteiger partial charge in [0.1, 0.15) is 0 Å². The van der Waals surface area contributed by atoms with Gasteiger partial charge in [-0.1, -0.05) is 18.2 Å². The number of aliphatic imine (C=N–C) groups is 1. The number of hydrogen-bond donors (Lipinski definition) is 2. The second kappa shape index (κ2) is 15.5. The third kappa shape index (κ3) is 10.7. The minimum absolute atomic E-state index is 0. The Labute approximate surface area is 164 Å². The molecule has 0 unspecified atom stereocenters. The summed E-state index contributed by atoms with van der Waals surface area (Å²) in [6.45, 7) is 6.52. The minimum atomic E-state index is 0. The Hall–Kier alpha value is -1.02. The topological polar surface area (TPSA) is 48.9 Å². The first-order valence-electron chi connectivity index (χ1n) is 8.55. The fraction of sp³-hybridized carbons (Fsp3) is 0.611. The van der Waals surface area contributed by atoms with Crippen LogP contribution in [0.2, 0.25) is 0 Å². The van der Waals surface area contributed by atoms with E-state index in [1.165, 1.54) is 5.69 Å². The van der Waals surface area contributed by atoms with E-state index >= 15 is 0 Å². The van der Waals surface area contributed by atoms with E-state index in [0.717, 1.165) is 58.0 Å². The van der Waals surface area contributed by atoms with E-state index in [-0.39, 0.29) is 24.0 Å². The lowest BCUT2D eigenvalue weighted by atomic mass is 10.2. The van der Waals surface area contributed by atoms with Gasteiger partial charge in [-0.15, -0.1) is 24.0 Å². The van der Waals surface area contributed by atoms with Crippen LogP contribution in [0.4, 0.5) is 5.69 Å². The van der Waals surface area contributed by atoms with Crippen molar-refractivity contribution in [1.29, 1.82) is 0 Å². The Morgan fingerprint density at radius 1 is 1.12 bits per heavy atom. The van der Waals surface area contributed by atoms with Crippen molar-refractivity contribution in [3.8, 4) is 0 Å². The zero-order valence-corrected chi connectivity index (χ0v) is 17.6. The second-order valence-electron chi connectivity index (χ2n) is 5.50. The van der Waals surface area contributed by atoms with E-state index in [4.69, 9.17) is 4.74 Å². The van der Waals surface area contributed by atoms with Crippen molar-refractivity contribution in [2.45, 2.75) is 26.2 Å². The third-order valence-corrected chi connectivity index (χ3v) is 3.53. The highest BCUT2D eigenvalue weighted by atomic mass is 127. The summed E-state index contributed by atoms with van der Waals surface area (Å²) in [5, 5.41) is 6.66. The van der Waals surface area contributed by atoms with Crippen molar-refractivity contribution in [3.63, 3.8) is 0 Å². The number of methoxy groups -OCH3 is 1. The molecule has 1 rings (SSSR count). The molecular weight excluding hydrogens is 415 g/mol. The van der Waals surface area contributed by atoms with E-state index < -0.39 is 0 Å². The molecule has 0 heterocycles. The number of anilines is 1. The minimum Gasteiger partial charge on any atom is -0.385 e. The van der Waals surface area contributed by atoms with Crippen LogP contribution in [0, 0.1) is 0 Å². The highest BCUT2D eigenvalue weighted by Crippen LogP contribution is 2.11. The monoisotopic (exact) mass is 448 g/mol. The highest BCUT2D eigenvalue weighted by Gasteiger charge is 2.00. The Kier molecular flexibility index (Phi) is 14.8. The molecule has 5 nitrogen and oxygen atoms in total. The standard InChI is InChI=1S/C18H32N4O.HI/c1-4-19-18(21-14-10-16-23-3)20-13-8-9-15-22(2)17-11-6-5-7-12-17;/h5-7,11-12H,4,8-10,13-16H2,1-3H3,(H2,19,20,21);1H. The quantitative estimate of drug-likeness (QED) is 0.237. The normalized spacial score (nSPS) is 10.9. The van der Waals surface area contributed by atoms with Crippen LogP contribution in [-0.2, 0) is 4.74 Å². The SMILES string of the molecule is CCNC(=NCCCOC)NCCCCN(C)c1ccccc1.I. The Balaban J connectivity index is 0.00000529. The van der Waals surface area contributed by atoms with Crippen LogP contribution < -0.4 is 15.5 Å². The predicted octanol–water partition coefficient (Wildman–Crippen LogP) is 3.11. The molecule has 0 fully saturated rings. The average molecular weight is 448 g/mol. The maximum Gasteiger partial charge on any atom is 0.191 e. The van der Waals surface area contributed by atoms with Gasteiger partial charge in [0.2, 0.25) is 0 Å². The number of ether oxygens (including phenoxy) is 1. The van der Waals surface area contributed by atoms with Crippen molar-refractivity contribution in [2.75, 3.05) is 51.8 Å². The van der Waals surface area contributed by atoms with E-state index in [9.17, 15) is 0 Å². The summed E-state index contributed by atoms with van der Waals surface area (Å²) < 4.78 is 5.04. The van der Waals surface area contributed by atoms with Gasteiger partial charge >= 0.3 is 0 Å². The molecule has 0 spiro atoms. The lowest BCUT2D eigenvalue weighted by molar-refractivity contribution is 0.197. The van der Waals surface area contributed by atoms with Gasteiger partial charge in [0.15, 0.2) is 5.96 Å². The van der Waals surface area contributed by atoms with Crippen molar-refractivity contribution < 1.29 is 4.74 Å². The molecule has 0 aliphatic carbocycles. The number of unbranched alkanes of at least 4 members (excludes halogenated alkanes) is 1. The molecule has 0 amide bonds. The summed E-state index contributed by atoms with van der Waals surface area (Å²) in [4.78, 5) is 6.83. The lowest BCUT2D eigenvalue weighted by Crippen LogP contribution is -2.38. The van der Waals surface area contributed by atoms with Gasteiger partial charge in [-0.05, 0) is 38.3 Å². The van der Waals surface area contributed by atoms with Crippen molar-refractivity contribution >= 4 is 35.6 Å². The molecule has 1 aromatic carbocycles. The van der Waals surface area contributed by atoms with Crippen LogP contribution in [0.25, 0.3) is 0 Å². The van der Waals surface area contributed by atoms with Crippen LogP contribution in [0.3, 0.4) is 0 Å². The van der Waals surface area contributed by atoms with Gasteiger partial charge in [-0.2, -0.15) is 0 Å². The van der Waals surface area contributed by atoms with Crippen LogP contribution in [-0.4, -0.2) is 52.9 Å². The molecule has 2 N–H and O–H groups in total. The largest absolute Gasteiger partial charge is 0.385 e. The first-order valence-corrected chi connectivity index (χ1v) is 8.55. The van der Waals surface area contributed by atoms with Crippen LogP contribution >= 0.6 is 24.0 Å². The molecule has 24 heavy (non-hydrogen) atoms. The number of halogens is 1. The zero-order valence-electron chi connectivity index (χ0n) is 15.3. The fourth-order valence-electron chi connectivity index (χ4n) is 2.23. The predicted molar refractivity (Wildman–Crippen MR) is 115 cm³/mol. The third-order valence-electron chi connectivity index (χ3n) is 3.53. The molecule has 0 bridgehead atoms. The smallest absolute Gasteiger partial charge is 0.191 e. The van der Waals surface area contributed by atoms with E-state index in [0.29, 0.717) is 0 Å². The van der Waals surface area contributed by atoms with E-state index in [1.54, 1.807) is 7.11 Å². The first kappa shape index (κ1) is 23.0. The van der Waals surface area contributed by atoms with E-state index in [2.05, 4.69) is 64.8 Å². The highest BCUT2D eigenvalue weighted by molar-refractivity contribution is 14.0. The van der Waals surface area contributed by atoms with Crippen LogP contribution in [0.5, 0.6) is 0 Å². The number of hydrogen-bond acceptors (Lipinski definition) is 3. The van der Waals surface area contributed by atoms with Crippen molar-refractivity contribution in [1.82, 2.24) is 10.6 Å². The van der Waals surface area contributed by atoms with Gasteiger partial charge < -0.3 is 20.3 Å². The number of guanidine groups is 1. The van der Waals surface area contributed by atoms with Gasteiger partial charge in [-0.3, -0.25) is 4.99 Å². The van der Waals surface area contributed by atoms with Crippen molar-refractivity contribution in [2.24, 2.45) is 4.99 Å². The molecule has 138 valence electrons. The molecule has 0 aliphatic rings. The van der Waals surface area contributed by atoms with Crippen LogP contribution in [0.1, 0.15) is 26.2 Å². The molecule has 1 aromatic rings. The molecule has 6 heteroatoms. The molecule has 0 aromatic heterocycles. The lowest BCUT2D eigenvalue weighted by Gasteiger charge is -2.19.